The van der Waals surface area contributed by atoms with Crippen molar-refractivity contribution in [2.24, 2.45) is 5.92 Å². The quantitative estimate of drug-likeness (QED) is 0.859. The molecule has 1 aliphatic carbocycles. The molecule has 26 heavy (non-hydrogen) atoms. The second-order valence-electron chi connectivity index (χ2n) is 7.80. The zero-order valence-corrected chi connectivity index (χ0v) is 16.0. The van der Waals surface area contributed by atoms with Crippen LogP contribution in [0.2, 0.25) is 0 Å². The number of hydrogen-bond acceptors (Lipinski definition) is 2. The fraction of sp³-hybridized carbons (Fsp3) is 0.619. The summed E-state index contributed by atoms with van der Waals surface area (Å²) in [6, 6.07) is 6.18. The van der Waals surface area contributed by atoms with E-state index >= 15 is 0 Å². The van der Waals surface area contributed by atoms with Crippen LogP contribution in [-0.2, 0) is 4.79 Å². The van der Waals surface area contributed by atoms with Crippen molar-refractivity contribution in [2.75, 3.05) is 18.4 Å². The highest BCUT2D eigenvalue weighted by Crippen LogP contribution is 2.25. The Morgan fingerprint density at radius 1 is 0.962 bits per heavy atom. The number of likely N-dealkylation sites (tertiary alicyclic amines) is 1. The van der Waals surface area contributed by atoms with Crippen LogP contribution in [0.5, 0.6) is 0 Å². The van der Waals surface area contributed by atoms with E-state index in [0.717, 1.165) is 42.5 Å². The molecule has 5 heteroatoms. The highest BCUT2D eigenvalue weighted by atomic mass is 16.2. The molecule has 2 fully saturated rings. The lowest BCUT2D eigenvalue weighted by Gasteiger charge is -2.33. The van der Waals surface area contributed by atoms with Gasteiger partial charge in [-0.2, -0.15) is 0 Å². The van der Waals surface area contributed by atoms with Crippen molar-refractivity contribution in [2.45, 2.75) is 64.8 Å². The van der Waals surface area contributed by atoms with Crippen molar-refractivity contribution in [3.05, 3.63) is 29.3 Å². The summed E-state index contributed by atoms with van der Waals surface area (Å²) in [4.78, 5) is 26.8. The van der Waals surface area contributed by atoms with Crippen LogP contribution < -0.4 is 10.6 Å². The van der Waals surface area contributed by atoms with Crippen LogP contribution in [0.15, 0.2) is 18.2 Å². The van der Waals surface area contributed by atoms with Crippen LogP contribution in [0.25, 0.3) is 0 Å². The molecule has 0 bridgehead atoms. The SMILES string of the molecule is Cc1cccc(C)c1NC(=O)N1CCC(NC(=O)C2CCCCC2)CC1. The molecule has 0 spiro atoms. The van der Waals surface area contributed by atoms with E-state index in [4.69, 9.17) is 0 Å². The molecule has 0 aromatic heterocycles. The molecule has 0 atom stereocenters. The smallest absolute Gasteiger partial charge is 0.321 e. The van der Waals surface area contributed by atoms with Crippen LogP contribution in [0.1, 0.15) is 56.1 Å². The Labute approximate surface area is 156 Å². The largest absolute Gasteiger partial charge is 0.353 e. The Morgan fingerprint density at radius 3 is 2.19 bits per heavy atom. The molecule has 3 rings (SSSR count). The molecule has 0 radical (unpaired) electrons. The first-order valence-corrected chi connectivity index (χ1v) is 9.97. The number of rotatable bonds is 3. The summed E-state index contributed by atoms with van der Waals surface area (Å²) < 4.78 is 0. The molecule has 0 unspecified atom stereocenters. The second-order valence-corrected chi connectivity index (χ2v) is 7.80. The number of carbonyl (C=O) groups excluding carboxylic acids is 2. The number of amides is 3. The van der Waals surface area contributed by atoms with E-state index < -0.39 is 0 Å². The third kappa shape index (κ3) is 4.57. The first kappa shape index (κ1) is 18.7. The Morgan fingerprint density at radius 2 is 1.58 bits per heavy atom. The third-order valence-corrected chi connectivity index (χ3v) is 5.82. The summed E-state index contributed by atoms with van der Waals surface area (Å²) in [5.41, 5.74) is 3.06. The minimum absolute atomic E-state index is 0.0422. The van der Waals surface area contributed by atoms with Gasteiger partial charge in [0.25, 0.3) is 0 Å². The summed E-state index contributed by atoms with van der Waals surface area (Å²) in [6.07, 6.45) is 7.34. The number of piperidine rings is 1. The lowest BCUT2D eigenvalue weighted by Crippen LogP contribution is -2.49. The fourth-order valence-electron chi connectivity index (χ4n) is 4.11. The molecule has 3 amide bonds. The van der Waals surface area contributed by atoms with Crippen molar-refractivity contribution < 1.29 is 9.59 Å². The number of benzene rings is 1. The normalized spacial score (nSPS) is 19.2. The number of hydrogen-bond donors (Lipinski definition) is 2. The molecule has 2 aliphatic rings. The van der Waals surface area contributed by atoms with E-state index in [1.54, 1.807) is 0 Å². The second kappa shape index (κ2) is 8.56. The van der Waals surface area contributed by atoms with Gasteiger partial charge in [0, 0.05) is 30.7 Å². The lowest BCUT2D eigenvalue weighted by molar-refractivity contribution is -0.126. The highest BCUT2D eigenvalue weighted by molar-refractivity contribution is 5.91. The van der Waals surface area contributed by atoms with Gasteiger partial charge < -0.3 is 15.5 Å². The topological polar surface area (TPSA) is 61.4 Å². The van der Waals surface area contributed by atoms with Crippen LogP contribution in [-0.4, -0.2) is 36.0 Å². The summed E-state index contributed by atoms with van der Waals surface area (Å²) in [6.45, 7) is 5.39. The van der Waals surface area contributed by atoms with Gasteiger partial charge in [-0.05, 0) is 50.7 Å². The predicted molar refractivity (Wildman–Crippen MR) is 104 cm³/mol. The van der Waals surface area contributed by atoms with Gasteiger partial charge in [0.15, 0.2) is 0 Å². The summed E-state index contributed by atoms with van der Waals surface area (Å²) in [7, 11) is 0. The molecule has 1 saturated carbocycles. The maximum absolute atomic E-state index is 12.6. The van der Waals surface area contributed by atoms with Crippen molar-refractivity contribution in [3.8, 4) is 0 Å². The number of nitrogens with one attached hydrogen (secondary N) is 2. The van der Waals surface area contributed by atoms with E-state index in [2.05, 4.69) is 10.6 Å². The summed E-state index contributed by atoms with van der Waals surface area (Å²) in [5, 5.41) is 6.27. The Hall–Kier alpha value is -2.04. The maximum atomic E-state index is 12.6. The van der Waals surface area contributed by atoms with Crippen molar-refractivity contribution in [1.29, 1.82) is 0 Å². The van der Waals surface area contributed by atoms with Crippen molar-refractivity contribution in [3.63, 3.8) is 0 Å². The highest BCUT2D eigenvalue weighted by Gasteiger charge is 2.27. The van der Waals surface area contributed by atoms with Crippen LogP contribution >= 0.6 is 0 Å². The van der Waals surface area contributed by atoms with Gasteiger partial charge in [-0.25, -0.2) is 4.79 Å². The average Bonchev–Trinajstić information content (AvgIpc) is 2.66. The molecule has 1 aromatic carbocycles. The average molecular weight is 357 g/mol. The standard InChI is InChI=1S/C21H31N3O2/c1-15-7-6-8-16(2)19(15)23-21(26)24-13-11-18(12-14-24)22-20(25)17-9-4-3-5-10-17/h6-8,17-18H,3-5,9-14H2,1-2H3,(H,22,25)(H,23,26). The molecule has 1 saturated heterocycles. The van der Waals surface area contributed by atoms with Crippen molar-refractivity contribution >= 4 is 17.6 Å². The zero-order chi connectivity index (χ0) is 18.5. The first-order valence-electron chi connectivity index (χ1n) is 9.97. The van der Waals surface area contributed by atoms with E-state index in [1.165, 1.54) is 19.3 Å². The number of urea groups is 1. The number of anilines is 1. The molecule has 1 heterocycles. The Kier molecular flexibility index (Phi) is 6.17. The molecular formula is C21H31N3O2. The maximum Gasteiger partial charge on any atom is 0.321 e. The third-order valence-electron chi connectivity index (χ3n) is 5.82. The van der Waals surface area contributed by atoms with Crippen LogP contribution in [0, 0.1) is 19.8 Å². The van der Waals surface area contributed by atoms with Gasteiger partial charge in [0.1, 0.15) is 0 Å². The molecule has 2 N–H and O–H groups in total. The number of para-hydroxylation sites is 1. The van der Waals surface area contributed by atoms with E-state index in [1.807, 2.05) is 36.9 Å². The van der Waals surface area contributed by atoms with Gasteiger partial charge in [-0.15, -0.1) is 0 Å². The molecule has 142 valence electrons. The summed E-state index contributed by atoms with van der Waals surface area (Å²) >= 11 is 0. The number of carbonyl (C=O) groups is 2. The zero-order valence-electron chi connectivity index (χ0n) is 16.0. The van der Waals surface area contributed by atoms with Gasteiger partial charge >= 0.3 is 6.03 Å². The molecular weight excluding hydrogens is 326 g/mol. The molecule has 1 aliphatic heterocycles. The van der Waals surface area contributed by atoms with E-state index in [0.29, 0.717) is 13.1 Å². The number of aryl methyl sites for hydroxylation is 2. The van der Waals surface area contributed by atoms with Crippen molar-refractivity contribution in [1.82, 2.24) is 10.2 Å². The van der Waals surface area contributed by atoms with Gasteiger partial charge in [0.2, 0.25) is 5.91 Å². The predicted octanol–water partition coefficient (Wildman–Crippen LogP) is 4.00. The first-order chi connectivity index (χ1) is 12.5. The van der Waals surface area contributed by atoms with E-state index in [-0.39, 0.29) is 23.9 Å². The van der Waals surface area contributed by atoms with Gasteiger partial charge in [-0.3, -0.25) is 4.79 Å². The Bertz CT molecular complexity index is 624. The minimum atomic E-state index is -0.0422. The minimum Gasteiger partial charge on any atom is -0.353 e. The van der Waals surface area contributed by atoms with Gasteiger partial charge in [0.05, 0.1) is 0 Å². The Balaban J connectivity index is 1.47. The number of nitrogens with zero attached hydrogens (tertiary/aromatic N) is 1. The summed E-state index contributed by atoms with van der Waals surface area (Å²) in [5.74, 6) is 0.428. The monoisotopic (exact) mass is 357 g/mol. The molecule has 1 aromatic rings. The molecule has 5 nitrogen and oxygen atoms in total. The van der Waals surface area contributed by atoms with Crippen LogP contribution in [0.3, 0.4) is 0 Å². The van der Waals surface area contributed by atoms with E-state index in [9.17, 15) is 9.59 Å². The lowest BCUT2D eigenvalue weighted by atomic mass is 9.88. The fourth-order valence-corrected chi connectivity index (χ4v) is 4.11. The van der Waals surface area contributed by atoms with Gasteiger partial charge in [-0.1, -0.05) is 37.5 Å². The van der Waals surface area contributed by atoms with Crippen LogP contribution in [0.4, 0.5) is 10.5 Å².